The maximum absolute atomic E-state index is 12.4. The van der Waals surface area contributed by atoms with Gasteiger partial charge in [0.1, 0.15) is 6.04 Å². The molecule has 3 rings (SSSR count). The number of halogens is 2. The van der Waals surface area contributed by atoms with Crippen molar-refractivity contribution in [2.24, 2.45) is 5.73 Å². The smallest absolute Gasteiger partial charge is 0.241 e. The highest BCUT2D eigenvalue weighted by molar-refractivity contribution is 5.85. The molecule has 0 bridgehead atoms. The number of carbonyl (C=O) groups excluding carboxylic acids is 2. The predicted molar refractivity (Wildman–Crippen MR) is 121 cm³/mol. The zero-order valence-corrected chi connectivity index (χ0v) is 17.8. The van der Waals surface area contributed by atoms with Crippen LogP contribution >= 0.6 is 24.8 Å². The Morgan fingerprint density at radius 2 is 1.45 bits per heavy atom. The number of hydrogen-bond donors (Lipinski definition) is 2. The molecule has 8 heteroatoms. The van der Waals surface area contributed by atoms with E-state index in [4.69, 9.17) is 5.73 Å². The van der Waals surface area contributed by atoms with Gasteiger partial charge in [-0.25, -0.2) is 0 Å². The summed E-state index contributed by atoms with van der Waals surface area (Å²) in [5, 5.41) is 2.76. The molecule has 0 aromatic heterocycles. The van der Waals surface area contributed by atoms with Crippen molar-refractivity contribution in [2.45, 2.75) is 12.5 Å². The fraction of sp³-hybridized carbons (Fsp3) is 0.333. The molecule has 2 aromatic carbocycles. The van der Waals surface area contributed by atoms with Gasteiger partial charge in [-0.1, -0.05) is 48.5 Å². The second-order valence-corrected chi connectivity index (χ2v) is 6.63. The lowest BCUT2D eigenvalue weighted by Gasteiger charge is -2.36. The van der Waals surface area contributed by atoms with Gasteiger partial charge in [0.25, 0.3) is 0 Å². The van der Waals surface area contributed by atoms with E-state index >= 15 is 0 Å². The lowest BCUT2D eigenvalue weighted by atomic mass is 10.1. The van der Waals surface area contributed by atoms with E-state index in [2.05, 4.69) is 22.3 Å². The second-order valence-electron chi connectivity index (χ2n) is 6.63. The van der Waals surface area contributed by atoms with Crippen LogP contribution in [0.3, 0.4) is 0 Å². The highest BCUT2D eigenvalue weighted by atomic mass is 35.5. The minimum absolute atomic E-state index is 0. The fourth-order valence-electron chi connectivity index (χ4n) is 3.23. The Morgan fingerprint density at radius 3 is 2.03 bits per heavy atom. The van der Waals surface area contributed by atoms with Crippen molar-refractivity contribution in [1.29, 1.82) is 0 Å². The van der Waals surface area contributed by atoms with Crippen molar-refractivity contribution in [1.82, 2.24) is 10.2 Å². The van der Waals surface area contributed by atoms with Gasteiger partial charge in [-0.2, -0.15) is 0 Å². The van der Waals surface area contributed by atoms with Crippen LogP contribution in [0.25, 0.3) is 0 Å². The minimum atomic E-state index is -0.712. The van der Waals surface area contributed by atoms with Crippen molar-refractivity contribution in [3.8, 4) is 0 Å². The molecule has 0 radical (unpaired) electrons. The summed E-state index contributed by atoms with van der Waals surface area (Å²) in [5.74, 6) is -0.195. The van der Waals surface area contributed by atoms with Gasteiger partial charge in [0.2, 0.25) is 11.8 Å². The number of para-hydroxylation sites is 1. The van der Waals surface area contributed by atoms with Gasteiger partial charge in [0, 0.05) is 44.8 Å². The Balaban J connectivity index is 0.00000210. The van der Waals surface area contributed by atoms with Crippen molar-refractivity contribution in [2.75, 3.05) is 37.6 Å². The molecule has 2 aromatic rings. The van der Waals surface area contributed by atoms with Crippen LogP contribution in [0, 0.1) is 0 Å². The van der Waals surface area contributed by atoms with E-state index in [9.17, 15) is 9.59 Å². The molecule has 1 saturated heterocycles. The SMILES string of the molecule is Cl.Cl.NC(C(=O)NCCC(=O)N1CCN(c2ccccc2)CC1)c1ccccc1. The summed E-state index contributed by atoms with van der Waals surface area (Å²) in [6.07, 6.45) is 0.290. The number of nitrogens with two attached hydrogens (primary N) is 1. The topological polar surface area (TPSA) is 78.7 Å². The second kappa shape index (κ2) is 12.3. The molecule has 6 nitrogen and oxygen atoms in total. The third kappa shape index (κ3) is 6.92. The molecule has 0 saturated carbocycles. The van der Waals surface area contributed by atoms with Gasteiger partial charge in [-0.15, -0.1) is 24.8 Å². The summed E-state index contributed by atoms with van der Waals surface area (Å²) < 4.78 is 0. The average molecular weight is 439 g/mol. The number of nitrogens with one attached hydrogen (secondary N) is 1. The molecule has 1 fully saturated rings. The third-order valence-corrected chi connectivity index (χ3v) is 4.83. The molecule has 1 heterocycles. The summed E-state index contributed by atoms with van der Waals surface area (Å²) >= 11 is 0. The van der Waals surface area contributed by atoms with E-state index in [1.165, 1.54) is 5.69 Å². The molecule has 3 N–H and O–H groups in total. The first-order valence-corrected chi connectivity index (χ1v) is 9.31. The van der Waals surface area contributed by atoms with Crippen molar-refractivity contribution in [3.05, 3.63) is 66.2 Å². The molecule has 1 atom stereocenters. The first-order valence-electron chi connectivity index (χ1n) is 9.31. The van der Waals surface area contributed by atoms with Crippen LogP contribution in [-0.4, -0.2) is 49.4 Å². The van der Waals surface area contributed by atoms with Gasteiger partial charge < -0.3 is 20.9 Å². The molecular formula is C21H28Cl2N4O2. The summed E-state index contributed by atoms with van der Waals surface area (Å²) in [6, 6.07) is 18.7. The molecule has 1 aliphatic rings. The number of rotatable bonds is 6. The fourth-order valence-corrected chi connectivity index (χ4v) is 3.23. The van der Waals surface area contributed by atoms with Gasteiger partial charge in [-0.05, 0) is 17.7 Å². The first-order chi connectivity index (χ1) is 13.1. The lowest BCUT2D eigenvalue weighted by molar-refractivity contribution is -0.131. The Labute approximate surface area is 184 Å². The van der Waals surface area contributed by atoms with Crippen LogP contribution in [0.5, 0.6) is 0 Å². The number of anilines is 1. The van der Waals surface area contributed by atoms with Crippen molar-refractivity contribution < 1.29 is 9.59 Å². The van der Waals surface area contributed by atoms with Crippen LogP contribution in [0.1, 0.15) is 18.0 Å². The van der Waals surface area contributed by atoms with E-state index in [1.54, 1.807) is 0 Å². The van der Waals surface area contributed by atoms with Crippen LogP contribution < -0.4 is 16.0 Å². The van der Waals surface area contributed by atoms with E-state index in [1.807, 2.05) is 53.4 Å². The molecule has 1 aliphatic heterocycles. The van der Waals surface area contributed by atoms with Gasteiger partial charge in [0.15, 0.2) is 0 Å². The first kappa shape index (κ1) is 24.8. The molecule has 29 heavy (non-hydrogen) atoms. The molecular weight excluding hydrogens is 411 g/mol. The van der Waals surface area contributed by atoms with Crippen LogP contribution in [0.2, 0.25) is 0 Å². The van der Waals surface area contributed by atoms with E-state index < -0.39 is 6.04 Å². The summed E-state index contributed by atoms with van der Waals surface area (Å²) in [5.41, 5.74) is 7.91. The van der Waals surface area contributed by atoms with Crippen LogP contribution in [0.15, 0.2) is 60.7 Å². The lowest BCUT2D eigenvalue weighted by Crippen LogP contribution is -2.49. The van der Waals surface area contributed by atoms with Gasteiger partial charge >= 0.3 is 0 Å². The number of nitrogens with zero attached hydrogens (tertiary/aromatic N) is 2. The molecule has 0 aliphatic carbocycles. The van der Waals surface area contributed by atoms with Crippen LogP contribution in [0.4, 0.5) is 5.69 Å². The van der Waals surface area contributed by atoms with E-state index in [0.717, 1.165) is 18.7 Å². The predicted octanol–water partition coefficient (Wildman–Crippen LogP) is 2.39. The summed E-state index contributed by atoms with van der Waals surface area (Å²) in [6.45, 7) is 3.34. The summed E-state index contributed by atoms with van der Waals surface area (Å²) in [4.78, 5) is 28.7. The largest absolute Gasteiger partial charge is 0.368 e. The molecule has 158 valence electrons. The maximum Gasteiger partial charge on any atom is 0.241 e. The highest BCUT2D eigenvalue weighted by Gasteiger charge is 2.21. The zero-order valence-electron chi connectivity index (χ0n) is 16.2. The Kier molecular flexibility index (Phi) is 10.5. The van der Waals surface area contributed by atoms with Crippen molar-refractivity contribution in [3.63, 3.8) is 0 Å². The molecule has 2 amide bonds. The monoisotopic (exact) mass is 438 g/mol. The van der Waals surface area contributed by atoms with Gasteiger partial charge in [0.05, 0.1) is 0 Å². The maximum atomic E-state index is 12.4. The normalized spacial score (nSPS) is 14.2. The third-order valence-electron chi connectivity index (χ3n) is 4.83. The number of hydrogen-bond acceptors (Lipinski definition) is 4. The van der Waals surface area contributed by atoms with Crippen LogP contribution in [-0.2, 0) is 9.59 Å². The Hall–Kier alpha value is -2.28. The number of piperazine rings is 1. The Morgan fingerprint density at radius 1 is 0.897 bits per heavy atom. The zero-order chi connectivity index (χ0) is 19.1. The van der Waals surface area contributed by atoms with Crippen molar-refractivity contribution >= 4 is 42.3 Å². The average Bonchev–Trinajstić information content (AvgIpc) is 2.74. The Bertz CT molecular complexity index is 754. The molecule has 0 spiro atoms. The van der Waals surface area contributed by atoms with E-state index in [-0.39, 0.29) is 36.6 Å². The highest BCUT2D eigenvalue weighted by Crippen LogP contribution is 2.16. The standard InChI is InChI=1S/C21H26N4O2.2ClH/c22-20(17-7-3-1-4-8-17)21(27)23-12-11-19(26)25-15-13-24(14-16-25)18-9-5-2-6-10-18;;/h1-10,20H,11-16,22H2,(H,23,27);2*1H. The number of carbonyl (C=O) groups is 2. The van der Waals surface area contributed by atoms with E-state index in [0.29, 0.717) is 26.1 Å². The summed E-state index contributed by atoms with van der Waals surface area (Å²) in [7, 11) is 0. The minimum Gasteiger partial charge on any atom is -0.368 e. The van der Waals surface area contributed by atoms with Gasteiger partial charge in [-0.3, -0.25) is 9.59 Å². The number of benzene rings is 2. The molecule has 1 unspecified atom stereocenters. The number of amides is 2. The quantitative estimate of drug-likeness (QED) is 0.725.